The minimum atomic E-state index is -1.68. The molecule has 0 aromatic carbocycles. The van der Waals surface area contributed by atoms with Crippen molar-refractivity contribution in [2.24, 2.45) is 5.92 Å². The molecule has 0 radical (unpaired) electrons. The molecule has 5 atom stereocenters. The van der Waals surface area contributed by atoms with Crippen LogP contribution in [0, 0.1) is 5.92 Å². The second-order valence-electron chi connectivity index (χ2n) is 4.46. The van der Waals surface area contributed by atoms with Crippen molar-refractivity contribution in [3.63, 3.8) is 0 Å². The van der Waals surface area contributed by atoms with E-state index in [1.165, 1.54) is 0 Å². The van der Waals surface area contributed by atoms with Gasteiger partial charge in [-0.15, -0.1) is 0 Å². The molecule has 0 bridgehead atoms. The molecule has 1 saturated heterocycles. The Bertz CT molecular complexity index is 267. The first-order valence-corrected chi connectivity index (χ1v) is 5.38. The fourth-order valence-electron chi connectivity index (χ4n) is 1.48. The second kappa shape index (κ2) is 5.74. The zero-order chi connectivity index (χ0) is 13.2. The smallest absolute Gasteiger partial charge is 0.335 e. The molecular weight excluding hydrogens is 232 g/mol. The van der Waals surface area contributed by atoms with E-state index in [1.54, 1.807) is 0 Å². The van der Waals surface area contributed by atoms with E-state index in [1.807, 2.05) is 13.8 Å². The average molecular weight is 250 g/mol. The molecule has 1 rings (SSSR count). The lowest BCUT2D eigenvalue weighted by Crippen LogP contribution is -2.60. The van der Waals surface area contributed by atoms with Crippen molar-refractivity contribution < 1.29 is 34.7 Å². The van der Waals surface area contributed by atoms with E-state index in [9.17, 15) is 20.1 Å². The molecule has 5 unspecified atom stereocenters. The third-order valence-corrected chi connectivity index (χ3v) is 2.41. The maximum atomic E-state index is 10.8. The van der Waals surface area contributed by atoms with Crippen LogP contribution >= 0.6 is 0 Å². The van der Waals surface area contributed by atoms with Gasteiger partial charge in [0.2, 0.25) is 0 Å². The number of aliphatic hydroxyl groups is 3. The first-order chi connectivity index (χ1) is 7.84. The maximum absolute atomic E-state index is 10.8. The summed E-state index contributed by atoms with van der Waals surface area (Å²) < 4.78 is 10.1. The monoisotopic (exact) mass is 250 g/mol. The molecule has 1 aliphatic heterocycles. The van der Waals surface area contributed by atoms with Gasteiger partial charge in [0.1, 0.15) is 18.3 Å². The maximum Gasteiger partial charge on any atom is 0.335 e. The van der Waals surface area contributed by atoms with E-state index < -0.39 is 36.7 Å². The van der Waals surface area contributed by atoms with Crippen molar-refractivity contribution in [2.45, 2.75) is 44.6 Å². The molecule has 1 aliphatic rings. The fourth-order valence-corrected chi connectivity index (χ4v) is 1.48. The molecule has 0 saturated carbocycles. The quantitative estimate of drug-likeness (QED) is 0.482. The zero-order valence-corrected chi connectivity index (χ0v) is 9.68. The van der Waals surface area contributed by atoms with Gasteiger partial charge in [0.15, 0.2) is 12.4 Å². The van der Waals surface area contributed by atoms with Crippen LogP contribution in [0.15, 0.2) is 0 Å². The van der Waals surface area contributed by atoms with Crippen LogP contribution in [-0.2, 0) is 14.3 Å². The number of carbonyl (C=O) groups is 1. The van der Waals surface area contributed by atoms with Gasteiger partial charge in [0.25, 0.3) is 0 Å². The van der Waals surface area contributed by atoms with Crippen molar-refractivity contribution in [1.82, 2.24) is 0 Å². The highest BCUT2D eigenvalue weighted by Crippen LogP contribution is 2.22. The van der Waals surface area contributed by atoms with Crippen LogP contribution in [0.5, 0.6) is 0 Å². The molecule has 100 valence electrons. The molecule has 0 amide bonds. The largest absolute Gasteiger partial charge is 0.479 e. The highest BCUT2D eigenvalue weighted by atomic mass is 16.7. The Hall–Kier alpha value is -0.730. The van der Waals surface area contributed by atoms with Gasteiger partial charge in [-0.3, -0.25) is 0 Å². The van der Waals surface area contributed by atoms with E-state index in [0.717, 1.165) is 0 Å². The molecule has 4 N–H and O–H groups in total. The van der Waals surface area contributed by atoms with Gasteiger partial charge in [-0.05, 0) is 5.92 Å². The Balaban J connectivity index is 2.68. The lowest BCUT2D eigenvalue weighted by atomic mass is 9.99. The average Bonchev–Trinajstić information content (AvgIpc) is 2.24. The molecule has 7 heteroatoms. The number of carboxylic acids is 1. The van der Waals surface area contributed by atoms with Crippen molar-refractivity contribution in [1.29, 1.82) is 0 Å². The number of hydrogen-bond acceptors (Lipinski definition) is 6. The summed E-state index contributed by atoms with van der Waals surface area (Å²) in [5, 5.41) is 37.2. The predicted octanol–water partition coefficient (Wildman–Crippen LogP) is -1.45. The number of aliphatic carboxylic acids is 1. The molecule has 17 heavy (non-hydrogen) atoms. The molecule has 0 aromatic rings. The van der Waals surface area contributed by atoms with Crippen LogP contribution in [0.2, 0.25) is 0 Å². The molecule has 1 fully saturated rings. The van der Waals surface area contributed by atoms with Crippen molar-refractivity contribution in [3.8, 4) is 0 Å². The van der Waals surface area contributed by atoms with E-state index >= 15 is 0 Å². The molecule has 0 aliphatic carbocycles. The second-order valence-corrected chi connectivity index (χ2v) is 4.46. The molecule has 1 heterocycles. The SMILES string of the molecule is CC(C)COC1OC(C(=O)O)C(O)C(O)C1O. The first kappa shape index (κ1) is 14.3. The van der Waals surface area contributed by atoms with Gasteiger partial charge in [-0.2, -0.15) is 0 Å². The summed E-state index contributed by atoms with van der Waals surface area (Å²) in [4.78, 5) is 10.8. The molecular formula is C10H18O7. The summed E-state index contributed by atoms with van der Waals surface area (Å²) in [5.74, 6) is -1.25. The fraction of sp³-hybridized carbons (Fsp3) is 0.900. The van der Waals surface area contributed by atoms with Crippen LogP contribution in [0.4, 0.5) is 0 Å². The van der Waals surface area contributed by atoms with Gasteiger partial charge in [-0.1, -0.05) is 13.8 Å². The number of carboxylic acid groups (broad SMARTS) is 1. The molecule has 0 aromatic heterocycles. The lowest BCUT2D eigenvalue weighted by molar-refractivity contribution is -0.295. The summed E-state index contributed by atoms with van der Waals surface area (Å²) in [6.07, 6.45) is -7.62. The standard InChI is InChI=1S/C10H18O7/c1-4(2)3-16-10-7(13)5(11)6(12)8(17-10)9(14)15/h4-8,10-13H,3H2,1-2H3,(H,14,15). The number of rotatable bonds is 4. The van der Waals surface area contributed by atoms with Gasteiger partial charge in [0.05, 0.1) is 6.61 Å². The van der Waals surface area contributed by atoms with Crippen LogP contribution in [0.25, 0.3) is 0 Å². The summed E-state index contributed by atoms with van der Waals surface area (Å²) >= 11 is 0. The van der Waals surface area contributed by atoms with Gasteiger partial charge in [-0.25, -0.2) is 4.79 Å². The Kier molecular flexibility index (Phi) is 4.84. The van der Waals surface area contributed by atoms with Gasteiger partial charge in [0, 0.05) is 0 Å². The Morgan fingerprint density at radius 1 is 1.24 bits per heavy atom. The summed E-state index contributed by atoms with van der Waals surface area (Å²) in [5.41, 5.74) is 0. The predicted molar refractivity (Wildman–Crippen MR) is 55.1 cm³/mol. The summed E-state index contributed by atoms with van der Waals surface area (Å²) in [6, 6.07) is 0. The molecule has 7 nitrogen and oxygen atoms in total. The number of aliphatic hydroxyl groups excluding tert-OH is 3. The minimum Gasteiger partial charge on any atom is -0.479 e. The third-order valence-electron chi connectivity index (χ3n) is 2.41. The van der Waals surface area contributed by atoms with E-state index in [2.05, 4.69) is 0 Å². The van der Waals surface area contributed by atoms with E-state index in [-0.39, 0.29) is 12.5 Å². The Morgan fingerprint density at radius 3 is 2.29 bits per heavy atom. The van der Waals surface area contributed by atoms with Gasteiger partial charge < -0.3 is 29.9 Å². The van der Waals surface area contributed by atoms with E-state index in [0.29, 0.717) is 0 Å². The normalized spacial score (nSPS) is 38.4. The number of hydrogen-bond donors (Lipinski definition) is 4. The van der Waals surface area contributed by atoms with Crippen LogP contribution in [0.1, 0.15) is 13.8 Å². The highest BCUT2D eigenvalue weighted by molar-refractivity contribution is 5.73. The highest BCUT2D eigenvalue weighted by Gasteiger charge is 2.47. The van der Waals surface area contributed by atoms with Crippen molar-refractivity contribution in [3.05, 3.63) is 0 Å². The first-order valence-electron chi connectivity index (χ1n) is 5.38. The van der Waals surface area contributed by atoms with E-state index in [4.69, 9.17) is 14.6 Å². The molecule has 0 spiro atoms. The Morgan fingerprint density at radius 2 is 1.82 bits per heavy atom. The summed E-state index contributed by atoms with van der Waals surface area (Å²) in [6.45, 7) is 3.99. The van der Waals surface area contributed by atoms with Crippen molar-refractivity contribution >= 4 is 5.97 Å². The van der Waals surface area contributed by atoms with Gasteiger partial charge >= 0.3 is 5.97 Å². The Labute approximate surface area is 98.6 Å². The minimum absolute atomic E-state index is 0.165. The van der Waals surface area contributed by atoms with Crippen LogP contribution in [-0.4, -0.2) is 63.7 Å². The lowest BCUT2D eigenvalue weighted by Gasteiger charge is -2.38. The zero-order valence-electron chi connectivity index (χ0n) is 9.68. The topological polar surface area (TPSA) is 116 Å². The van der Waals surface area contributed by atoms with Crippen LogP contribution in [0.3, 0.4) is 0 Å². The van der Waals surface area contributed by atoms with Crippen LogP contribution < -0.4 is 0 Å². The third kappa shape index (κ3) is 3.36. The number of ether oxygens (including phenoxy) is 2. The summed E-state index contributed by atoms with van der Waals surface area (Å²) in [7, 11) is 0. The van der Waals surface area contributed by atoms with Crippen molar-refractivity contribution in [2.75, 3.05) is 6.61 Å².